The molecule has 0 aliphatic carbocycles. The third-order valence-corrected chi connectivity index (χ3v) is 2.12. The van der Waals surface area contributed by atoms with Crippen molar-refractivity contribution in [3.63, 3.8) is 0 Å². The lowest BCUT2D eigenvalue weighted by molar-refractivity contribution is -0.110. The van der Waals surface area contributed by atoms with Crippen LogP contribution in [0.1, 0.15) is 20.8 Å². The second-order valence-electron chi connectivity index (χ2n) is 3.79. The Balaban J connectivity index is 4.98. The molecule has 0 saturated heterocycles. The van der Waals surface area contributed by atoms with Gasteiger partial charge in [0, 0.05) is 6.54 Å². The van der Waals surface area contributed by atoms with Gasteiger partial charge in [-0.15, -0.1) is 0 Å². The standard InChI is InChI=1S/C15H21N5O/c1-5-8-10-13(9-6-2)19-20-14(11-16)15(21)12(4)18-17-7-3/h5-6,8-10,17-19H,4,7H2,1-3H3/b8-5-,9-6-,13-10+,20-14+. The van der Waals surface area contributed by atoms with Crippen LogP contribution in [0.3, 0.4) is 0 Å². The minimum Gasteiger partial charge on any atom is -0.318 e. The fourth-order valence-corrected chi connectivity index (χ4v) is 1.15. The predicted octanol–water partition coefficient (Wildman–Crippen LogP) is 1.69. The van der Waals surface area contributed by atoms with Crippen molar-refractivity contribution in [2.45, 2.75) is 20.8 Å². The molecule has 0 bridgehead atoms. The summed E-state index contributed by atoms with van der Waals surface area (Å²) in [5.74, 6) is -0.572. The molecule has 0 atom stereocenters. The van der Waals surface area contributed by atoms with Crippen LogP contribution in [0.25, 0.3) is 0 Å². The Kier molecular flexibility index (Phi) is 9.79. The van der Waals surface area contributed by atoms with E-state index in [0.29, 0.717) is 12.2 Å². The van der Waals surface area contributed by atoms with Crippen molar-refractivity contribution in [2.24, 2.45) is 5.10 Å². The average molecular weight is 287 g/mol. The summed E-state index contributed by atoms with van der Waals surface area (Å²) in [5, 5.41) is 12.8. The Morgan fingerprint density at radius 1 is 1.38 bits per heavy atom. The monoisotopic (exact) mass is 287 g/mol. The van der Waals surface area contributed by atoms with Gasteiger partial charge in [-0.3, -0.25) is 10.2 Å². The molecule has 0 radical (unpaired) electrons. The first-order valence-electron chi connectivity index (χ1n) is 6.52. The highest BCUT2D eigenvalue weighted by Crippen LogP contribution is 1.96. The van der Waals surface area contributed by atoms with E-state index in [4.69, 9.17) is 5.26 Å². The van der Waals surface area contributed by atoms with Gasteiger partial charge in [-0.25, -0.2) is 5.43 Å². The number of nitrogens with zero attached hydrogens (tertiary/aromatic N) is 2. The van der Waals surface area contributed by atoms with E-state index in [1.165, 1.54) is 0 Å². The van der Waals surface area contributed by atoms with Crippen LogP contribution in [-0.2, 0) is 4.79 Å². The summed E-state index contributed by atoms with van der Waals surface area (Å²) in [6.45, 7) is 9.76. The fraction of sp³-hybridized carbons (Fsp3) is 0.267. The zero-order valence-corrected chi connectivity index (χ0v) is 12.6. The van der Waals surface area contributed by atoms with Gasteiger partial charge in [0.2, 0.25) is 11.5 Å². The topological polar surface area (TPSA) is 89.3 Å². The summed E-state index contributed by atoms with van der Waals surface area (Å²) >= 11 is 0. The summed E-state index contributed by atoms with van der Waals surface area (Å²) in [6.07, 6.45) is 9.03. The summed E-state index contributed by atoms with van der Waals surface area (Å²) in [7, 11) is 0. The number of Topliss-reactive ketones (excluding diaryl/α,β-unsaturated/α-hetero) is 1. The van der Waals surface area contributed by atoms with E-state index >= 15 is 0 Å². The normalized spacial score (nSPS) is 12.5. The Morgan fingerprint density at radius 3 is 2.62 bits per heavy atom. The van der Waals surface area contributed by atoms with Crippen molar-refractivity contribution >= 4 is 11.5 Å². The van der Waals surface area contributed by atoms with Crippen LogP contribution in [0.5, 0.6) is 0 Å². The lowest BCUT2D eigenvalue weighted by atomic mass is 10.2. The number of rotatable bonds is 9. The third-order valence-electron chi connectivity index (χ3n) is 2.12. The Bertz CT molecular complexity index is 521. The maximum absolute atomic E-state index is 11.9. The number of allylic oxidation sites excluding steroid dienone is 6. The van der Waals surface area contributed by atoms with Crippen LogP contribution < -0.4 is 16.3 Å². The second-order valence-corrected chi connectivity index (χ2v) is 3.79. The van der Waals surface area contributed by atoms with Crippen LogP contribution in [0.2, 0.25) is 0 Å². The highest BCUT2D eigenvalue weighted by atomic mass is 16.1. The number of nitriles is 1. The van der Waals surface area contributed by atoms with E-state index < -0.39 is 5.78 Å². The van der Waals surface area contributed by atoms with Crippen LogP contribution in [0.4, 0.5) is 0 Å². The van der Waals surface area contributed by atoms with Crippen LogP contribution in [-0.4, -0.2) is 18.0 Å². The summed E-state index contributed by atoms with van der Waals surface area (Å²) in [4.78, 5) is 11.9. The van der Waals surface area contributed by atoms with Gasteiger partial charge in [-0.1, -0.05) is 31.7 Å². The lowest BCUT2D eigenvalue weighted by Gasteiger charge is -2.07. The van der Waals surface area contributed by atoms with Gasteiger partial charge < -0.3 is 5.43 Å². The zero-order valence-electron chi connectivity index (χ0n) is 12.6. The average Bonchev–Trinajstić information content (AvgIpc) is 2.50. The van der Waals surface area contributed by atoms with Crippen LogP contribution in [0, 0.1) is 11.3 Å². The summed E-state index contributed by atoms with van der Waals surface area (Å²) in [6, 6.07) is 1.75. The lowest BCUT2D eigenvalue weighted by Crippen LogP contribution is -2.35. The van der Waals surface area contributed by atoms with Gasteiger partial charge in [0.05, 0.1) is 11.4 Å². The number of nitrogens with one attached hydrogen (secondary N) is 3. The number of hydrogen-bond acceptors (Lipinski definition) is 6. The van der Waals surface area contributed by atoms with E-state index in [9.17, 15) is 4.79 Å². The predicted molar refractivity (Wildman–Crippen MR) is 84.9 cm³/mol. The molecule has 6 heteroatoms. The summed E-state index contributed by atoms with van der Waals surface area (Å²) in [5.41, 5.74) is 8.45. The molecule has 0 fully saturated rings. The molecule has 0 aliphatic rings. The molecule has 0 heterocycles. The minimum atomic E-state index is -0.572. The third kappa shape index (κ3) is 7.50. The number of ketones is 1. The van der Waals surface area contributed by atoms with E-state index in [0.717, 1.165) is 0 Å². The SMILES string of the molecule is C=C(NNCC)C(=O)/C(C#N)=N/NC(/C=C\C)=C/C=C\C. The maximum Gasteiger partial charge on any atom is 0.240 e. The minimum absolute atomic E-state index is 0.0592. The molecular formula is C15H21N5O. The molecule has 0 aromatic heterocycles. The second kappa shape index (κ2) is 11.2. The molecule has 0 aromatic rings. The van der Waals surface area contributed by atoms with Gasteiger partial charge in [-0.05, 0) is 26.0 Å². The molecule has 112 valence electrons. The molecule has 3 N–H and O–H groups in total. The molecular weight excluding hydrogens is 266 g/mol. The first kappa shape index (κ1) is 18.4. The number of hydrazine groups is 1. The van der Waals surface area contributed by atoms with E-state index in [2.05, 4.69) is 28.0 Å². The first-order valence-corrected chi connectivity index (χ1v) is 6.52. The quantitative estimate of drug-likeness (QED) is 0.260. The molecule has 0 aromatic carbocycles. The highest BCUT2D eigenvalue weighted by molar-refractivity contribution is 6.50. The largest absolute Gasteiger partial charge is 0.318 e. The number of hydrogen-bond donors (Lipinski definition) is 3. The molecule has 0 spiro atoms. The van der Waals surface area contributed by atoms with Crippen LogP contribution >= 0.6 is 0 Å². The van der Waals surface area contributed by atoms with Crippen molar-refractivity contribution in [3.05, 3.63) is 48.4 Å². The number of hydrazone groups is 1. The van der Waals surface area contributed by atoms with Gasteiger partial charge in [0.15, 0.2) is 0 Å². The Labute approximate surface area is 125 Å². The van der Waals surface area contributed by atoms with Crippen molar-refractivity contribution in [2.75, 3.05) is 6.54 Å². The van der Waals surface area contributed by atoms with Gasteiger partial charge in [-0.2, -0.15) is 10.4 Å². The molecule has 21 heavy (non-hydrogen) atoms. The van der Waals surface area contributed by atoms with Gasteiger partial charge >= 0.3 is 0 Å². The molecule has 0 unspecified atom stereocenters. The van der Waals surface area contributed by atoms with Gasteiger partial charge in [0.1, 0.15) is 6.07 Å². The van der Waals surface area contributed by atoms with Crippen molar-refractivity contribution in [1.82, 2.24) is 16.3 Å². The van der Waals surface area contributed by atoms with E-state index in [1.54, 1.807) is 18.2 Å². The van der Waals surface area contributed by atoms with Crippen molar-refractivity contribution < 1.29 is 4.79 Å². The molecule has 0 rings (SSSR count). The number of carbonyl (C=O) groups is 1. The zero-order chi connectivity index (χ0) is 16.1. The molecule has 0 amide bonds. The van der Waals surface area contributed by atoms with Crippen molar-refractivity contribution in [3.8, 4) is 6.07 Å². The molecule has 0 saturated carbocycles. The van der Waals surface area contributed by atoms with Crippen LogP contribution in [0.15, 0.2) is 53.5 Å². The van der Waals surface area contributed by atoms with E-state index in [1.807, 2.05) is 39.0 Å². The number of carbonyl (C=O) groups excluding carboxylic acids is 1. The smallest absolute Gasteiger partial charge is 0.240 e. The van der Waals surface area contributed by atoms with E-state index in [-0.39, 0.29) is 11.4 Å². The maximum atomic E-state index is 11.9. The van der Waals surface area contributed by atoms with Crippen molar-refractivity contribution in [1.29, 1.82) is 5.26 Å². The fourth-order valence-electron chi connectivity index (χ4n) is 1.15. The Hall–Kier alpha value is -2.65. The first-order chi connectivity index (χ1) is 10.1. The molecule has 6 nitrogen and oxygen atoms in total. The Morgan fingerprint density at radius 2 is 2.10 bits per heavy atom. The van der Waals surface area contributed by atoms with Gasteiger partial charge in [0.25, 0.3) is 0 Å². The highest BCUT2D eigenvalue weighted by Gasteiger charge is 2.14. The molecule has 0 aliphatic heterocycles. The summed E-state index contributed by atoms with van der Waals surface area (Å²) < 4.78 is 0.